The van der Waals surface area contributed by atoms with Crippen molar-refractivity contribution in [1.82, 2.24) is 14.7 Å². The van der Waals surface area contributed by atoms with Crippen molar-refractivity contribution in [3.63, 3.8) is 0 Å². The predicted molar refractivity (Wildman–Crippen MR) is 143 cm³/mol. The molecule has 0 bridgehead atoms. The summed E-state index contributed by atoms with van der Waals surface area (Å²) >= 11 is 3.37. The molecular weight excluding hydrogens is 492 g/mol. The number of hydrogen-bond acceptors (Lipinski definition) is 8. The summed E-state index contributed by atoms with van der Waals surface area (Å²) in [4.78, 5) is 3.76. The Morgan fingerprint density at radius 2 is 1.69 bits per heavy atom. The predicted octanol–water partition coefficient (Wildman–Crippen LogP) is 6.52. The first-order valence-corrected chi connectivity index (χ1v) is 13.1. The molecule has 0 aliphatic carbocycles. The molecule has 1 aliphatic rings. The second-order valence-electron chi connectivity index (χ2n) is 8.37. The molecule has 0 atom stereocenters. The van der Waals surface area contributed by atoms with Crippen LogP contribution in [0, 0.1) is 11.5 Å². The van der Waals surface area contributed by atoms with Crippen molar-refractivity contribution >= 4 is 32.9 Å². The molecule has 1 aromatic carbocycles. The molecule has 0 unspecified atom stereocenters. The number of rotatable bonds is 7. The van der Waals surface area contributed by atoms with Crippen molar-refractivity contribution < 1.29 is 14.2 Å². The lowest BCUT2D eigenvalue weighted by atomic mass is 9.95. The summed E-state index contributed by atoms with van der Waals surface area (Å²) in [5, 5.41) is 16.8. The van der Waals surface area contributed by atoms with E-state index in [0.717, 1.165) is 48.4 Å². The van der Waals surface area contributed by atoms with E-state index < -0.39 is 0 Å². The summed E-state index contributed by atoms with van der Waals surface area (Å²) in [7, 11) is 4.96. The summed E-state index contributed by atoms with van der Waals surface area (Å²) in [5.74, 6) is 1.99. The quantitative estimate of drug-likeness (QED) is 0.259. The van der Waals surface area contributed by atoms with Crippen LogP contribution >= 0.6 is 22.7 Å². The van der Waals surface area contributed by atoms with Gasteiger partial charge in [0.15, 0.2) is 6.19 Å². The molecule has 7 nitrogen and oxygen atoms in total. The van der Waals surface area contributed by atoms with Gasteiger partial charge in [-0.2, -0.15) is 10.4 Å². The molecule has 184 valence electrons. The van der Waals surface area contributed by atoms with Gasteiger partial charge in [-0.15, -0.1) is 22.7 Å². The SMILES string of the molecule is COC1=C(C)N(C#N)C(C)=C(OC)C1c1cc2c(s1)c(-c1cccs1)nn2Cc1ccc(OC)cc1. The van der Waals surface area contributed by atoms with E-state index in [0.29, 0.717) is 18.1 Å². The molecule has 0 fully saturated rings. The van der Waals surface area contributed by atoms with Gasteiger partial charge in [0.1, 0.15) is 28.9 Å². The Labute approximate surface area is 218 Å². The Hall–Kier alpha value is -3.74. The molecule has 3 aromatic heterocycles. The maximum absolute atomic E-state index is 9.73. The molecule has 36 heavy (non-hydrogen) atoms. The van der Waals surface area contributed by atoms with E-state index in [1.165, 1.54) is 0 Å². The van der Waals surface area contributed by atoms with Gasteiger partial charge in [0, 0.05) is 4.88 Å². The largest absolute Gasteiger partial charge is 0.498 e. The van der Waals surface area contributed by atoms with Gasteiger partial charge >= 0.3 is 0 Å². The first-order chi connectivity index (χ1) is 17.5. The van der Waals surface area contributed by atoms with E-state index in [2.05, 4.69) is 40.5 Å². The second-order valence-corrected chi connectivity index (χ2v) is 10.4. The van der Waals surface area contributed by atoms with Gasteiger partial charge in [0.25, 0.3) is 0 Å². The molecule has 9 heteroatoms. The standard InChI is InChI=1S/C27H26N4O3S2/c1-16-25(33-4)23(26(34-5)17(2)30(16)15-28)22-13-20-27(36-22)24(21-7-6-12-35-21)29-31(20)14-18-8-10-19(32-3)11-9-18/h6-13,23H,14H2,1-5H3. The molecule has 4 heterocycles. The maximum atomic E-state index is 9.73. The average Bonchev–Trinajstić information content (AvgIpc) is 3.63. The molecule has 1 aliphatic heterocycles. The van der Waals surface area contributed by atoms with Crippen LogP contribution in [0.4, 0.5) is 0 Å². The van der Waals surface area contributed by atoms with Crippen molar-refractivity contribution in [1.29, 1.82) is 5.26 Å². The van der Waals surface area contributed by atoms with E-state index >= 15 is 0 Å². The van der Waals surface area contributed by atoms with Crippen LogP contribution in [0.5, 0.6) is 5.75 Å². The first kappa shape index (κ1) is 24.0. The smallest absolute Gasteiger partial charge is 0.188 e. The number of thiophene rings is 2. The van der Waals surface area contributed by atoms with E-state index in [9.17, 15) is 5.26 Å². The Morgan fingerprint density at radius 1 is 1.00 bits per heavy atom. The van der Waals surface area contributed by atoms with Gasteiger partial charge < -0.3 is 14.2 Å². The Bertz CT molecular complexity index is 1480. The minimum absolute atomic E-state index is 0.243. The fraction of sp³-hybridized carbons (Fsp3) is 0.259. The number of allylic oxidation sites excluding steroid dienone is 2. The zero-order chi connectivity index (χ0) is 25.4. The van der Waals surface area contributed by atoms with Crippen LogP contribution in [0.15, 0.2) is 70.8 Å². The number of methoxy groups -OCH3 is 3. The fourth-order valence-corrected chi connectivity index (χ4v) is 6.71. The molecule has 0 saturated carbocycles. The topological polar surface area (TPSA) is 72.5 Å². The molecule has 5 rings (SSSR count). The summed E-state index contributed by atoms with van der Waals surface area (Å²) in [5.41, 5.74) is 4.68. The Morgan fingerprint density at radius 3 is 2.25 bits per heavy atom. The van der Waals surface area contributed by atoms with Crippen LogP contribution in [-0.4, -0.2) is 36.0 Å². The van der Waals surface area contributed by atoms with Gasteiger partial charge in [-0.05, 0) is 49.1 Å². The van der Waals surface area contributed by atoms with Crippen LogP contribution in [0.25, 0.3) is 20.8 Å². The van der Waals surface area contributed by atoms with Crippen molar-refractivity contribution in [3.8, 4) is 22.5 Å². The zero-order valence-corrected chi connectivity index (χ0v) is 22.4. The number of hydrogen-bond donors (Lipinski definition) is 0. The third-order valence-electron chi connectivity index (χ3n) is 6.42. The summed E-state index contributed by atoms with van der Waals surface area (Å²) in [6.45, 7) is 4.44. The van der Waals surface area contributed by atoms with Gasteiger partial charge in [-0.1, -0.05) is 18.2 Å². The van der Waals surface area contributed by atoms with Crippen LogP contribution in [0.3, 0.4) is 0 Å². The van der Waals surface area contributed by atoms with Gasteiger partial charge in [0.05, 0.1) is 54.4 Å². The second kappa shape index (κ2) is 9.72. The first-order valence-electron chi connectivity index (χ1n) is 11.4. The van der Waals surface area contributed by atoms with E-state index in [1.54, 1.807) is 48.9 Å². The molecule has 0 saturated heterocycles. The average molecular weight is 519 g/mol. The van der Waals surface area contributed by atoms with Crippen molar-refractivity contribution in [2.45, 2.75) is 26.3 Å². The number of aromatic nitrogens is 2. The van der Waals surface area contributed by atoms with Crippen LogP contribution < -0.4 is 4.74 Å². The summed E-state index contributed by atoms with van der Waals surface area (Å²) in [6.07, 6.45) is 2.24. The van der Waals surface area contributed by atoms with Crippen molar-refractivity contribution in [2.24, 2.45) is 0 Å². The number of ether oxygens (including phenoxy) is 3. The summed E-state index contributed by atoms with van der Waals surface area (Å²) in [6, 6.07) is 14.4. The minimum Gasteiger partial charge on any atom is -0.498 e. The Balaban J connectivity index is 1.66. The molecule has 0 amide bonds. The van der Waals surface area contributed by atoms with Gasteiger partial charge in [-0.3, -0.25) is 4.68 Å². The summed E-state index contributed by atoms with van der Waals surface area (Å²) < 4.78 is 20.2. The molecule has 4 aromatic rings. The number of nitrogens with zero attached hydrogens (tertiary/aromatic N) is 4. The number of nitriles is 1. The van der Waals surface area contributed by atoms with E-state index in [4.69, 9.17) is 19.3 Å². The monoisotopic (exact) mass is 518 g/mol. The zero-order valence-electron chi connectivity index (χ0n) is 20.7. The van der Waals surface area contributed by atoms with Gasteiger partial charge in [-0.25, -0.2) is 4.90 Å². The number of benzene rings is 1. The molecule has 0 radical (unpaired) electrons. The van der Waals surface area contributed by atoms with Crippen LogP contribution in [0.2, 0.25) is 0 Å². The highest BCUT2D eigenvalue weighted by Gasteiger charge is 2.37. The lowest BCUT2D eigenvalue weighted by Gasteiger charge is -2.32. The van der Waals surface area contributed by atoms with E-state index in [-0.39, 0.29) is 5.92 Å². The molecular formula is C27H26N4O3S2. The highest BCUT2D eigenvalue weighted by molar-refractivity contribution is 7.20. The third kappa shape index (κ3) is 3.92. The maximum Gasteiger partial charge on any atom is 0.188 e. The third-order valence-corrected chi connectivity index (χ3v) is 8.50. The Kier molecular flexibility index (Phi) is 6.48. The van der Waals surface area contributed by atoms with Crippen molar-refractivity contribution in [3.05, 3.63) is 81.2 Å². The number of fused-ring (bicyclic) bond motifs is 1. The highest BCUT2D eigenvalue weighted by atomic mass is 32.1. The minimum atomic E-state index is -0.243. The molecule has 0 spiro atoms. The molecule has 0 N–H and O–H groups in total. The van der Waals surface area contributed by atoms with Gasteiger partial charge in [0.2, 0.25) is 0 Å². The normalized spacial score (nSPS) is 14.5. The lowest BCUT2D eigenvalue weighted by molar-refractivity contribution is 0.194. The fourth-order valence-electron chi connectivity index (χ4n) is 4.67. The lowest BCUT2D eigenvalue weighted by Crippen LogP contribution is -2.27. The van der Waals surface area contributed by atoms with Crippen LogP contribution in [0.1, 0.15) is 30.2 Å². The highest BCUT2D eigenvalue weighted by Crippen LogP contribution is 2.47. The van der Waals surface area contributed by atoms with E-state index in [1.807, 2.05) is 32.0 Å². The van der Waals surface area contributed by atoms with Crippen LogP contribution in [-0.2, 0) is 16.0 Å². The van der Waals surface area contributed by atoms with Crippen molar-refractivity contribution in [2.75, 3.05) is 21.3 Å².